The van der Waals surface area contributed by atoms with Crippen molar-refractivity contribution >= 4 is 15.8 Å². The van der Waals surface area contributed by atoms with Crippen molar-refractivity contribution in [3.63, 3.8) is 0 Å². The second kappa shape index (κ2) is 5.46. The average molecular weight is 236 g/mol. The Kier molecular flexibility index (Phi) is 4.53. The number of aliphatic carboxylic acids is 1. The van der Waals surface area contributed by atoms with Crippen molar-refractivity contribution < 1.29 is 23.1 Å². The molecular formula is C9H16O5S. The van der Waals surface area contributed by atoms with Crippen LogP contribution in [-0.4, -0.2) is 43.7 Å². The van der Waals surface area contributed by atoms with Gasteiger partial charge in [-0.3, -0.25) is 4.79 Å². The first-order chi connectivity index (χ1) is 6.99. The van der Waals surface area contributed by atoms with Crippen LogP contribution >= 0.6 is 0 Å². The fourth-order valence-corrected chi connectivity index (χ4v) is 2.84. The standard InChI is InChI=1S/C9H16O5S/c10-9(11)4-7-15(12,13)6-3-8-2-1-5-14-8/h8H,1-7H2,(H,10,11). The summed E-state index contributed by atoms with van der Waals surface area (Å²) in [4.78, 5) is 10.2. The third-order valence-corrected chi connectivity index (χ3v) is 4.09. The SMILES string of the molecule is O=C(O)CCS(=O)(=O)CCC1CCCO1. The van der Waals surface area contributed by atoms with Crippen LogP contribution in [0.1, 0.15) is 25.7 Å². The van der Waals surface area contributed by atoms with Crippen LogP contribution in [0, 0.1) is 0 Å². The minimum atomic E-state index is -3.22. The number of rotatable bonds is 6. The molecule has 1 saturated heterocycles. The lowest BCUT2D eigenvalue weighted by Gasteiger charge is -2.08. The first-order valence-electron chi connectivity index (χ1n) is 5.03. The Morgan fingerprint density at radius 2 is 2.13 bits per heavy atom. The van der Waals surface area contributed by atoms with Gasteiger partial charge < -0.3 is 9.84 Å². The molecule has 0 aliphatic carbocycles. The fraction of sp³-hybridized carbons (Fsp3) is 0.889. The van der Waals surface area contributed by atoms with E-state index in [0.29, 0.717) is 13.0 Å². The molecule has 0 saturated carbocycles. The Labute approximate surface area is 89.3 Å². The van der Waals surface area contributed by atoms with Gasteiger partial charge in [0.1, 0.15) is 0 Å². The summed E-state index contributed by atoms with van der Waals surface area (Å²) in [5, 5.41) is 8.37. The number of hydrogen-bond acceptors (Lipinski definition) is 4. The van der Waals surface area contributed by atoms with Gasteiger partial charge in [-0.1, -0.05) is 0 Å². The molecule has 15 heavy (non-hydrogen) atoms. The van der Waals surface area contributed by atoms with Crippen LogP contribution in [0.2, 0.25) is 0 Å². The van der Waals surface area contributed by atoms with Gasteiger partial charge in [0, 0.05) is 6.61 Å². The Bertz CT molecular complexity index is 302. The van der Waals surface area contributed by atoms with Gasteiger partial charge in [0.2, 0.25) is 0 Å². The van der Waals surface area contributed by atoms with Gasteiger partial charge >= 0.3 is 5.97 Å². The van der Waals surface area contributed by atoms with Gasteiger partial charge in [0.15, 0.2) is 9.84 Å². The molecule has 0 spiro atoms. The number of carbonyl (C=O) groups is 1. The van der Waals surface area contributed by atoms with Crippen molar-refractivity contribution in [1.82, 2.24) is 0 Å². The lowest BCUT2D eigenvalue weighted by molar-refractivity contribution is -0.136. The summed E-state index contributed by atoms with van der Waals surface area (Å²) in [5.41, 5.74) is 0. The molecule has 0 radical (unpaired) electrons. The largest absolute Gasteiger partial charge is 0.481 e. The Balaban J connectivity index is 2.26. The number of carboxylic acids is 1. The van der Waals surface area contributed by atoms with Crippen LogP contribution in [0.25, 0.3) is 0 Å². The lowest BCUT2D eigenvalue weighted by Crippen LogP contribution is -2.18. The zero-order valence-electron chi connectivity index (χ0n) is 8.52. The molecule has 1 heterocycles. The summed E-state index contributed by atoms with van der Waals surface area (Å²) in [5.74, 6) is -1.31. The topological polar surface area (TPSA) is 80.7 Å². The van der Waals surface area contributed by atoms with E-state index in [0.717, 1.165) is 12.8 Å². The highest BCUT2D eigenvalue weighted by Crippen LogP contribution is 2.16. The predicted octanol–water partition coefficient (Wildman–Crippen LogP) is 0.445. The average Bonchev–Trinajstić information content (AvgIpc) is 2.65. The fourth-order valence-electron chi connectivity index (χ4n) is 1.53. The van der Waals surface area contributed by atoms with Crippen molar-refractivity contribution in [3.05, 3.63) is 0 Å². The van der Waals surface area contributed by atoms with Crippen molar-refractivity contribution in [2.75, 3.05) is 18.1 Å². The maximum Gasteiger partial charge on any atom is 0.304 e. The molecule has 1 atom stereocenters. The van der Waals surface area contributed by atoms with Crippen molar-refractivity contribution in [2.24, 2.45) is 0 Å². The molecule has 0 aromatic carbocycles. The van der Waals surface area contributed by atoms with Gasteiger partial charge in [-0.2, -0.15) is 0 Å². The zero-order chi connectivity index (χ0) is 11.3. The van der Waals surface area contributed by atoms with E-state index in [1.54, 1.807) is 0 Å². The van der Waals surface area contributed by atoms with Gasteiger partial charge in [0.05, 0.1) is 24.0 Å². The minimum Gasteiger partial charge on any atom is -0.481 e. The summed E-state index contributed by atoms with van der Waals surface area (Å²) in [6.07, 6.45) is 2.12. The molecule has 0 aromatic heterocycles. The summed E-state index contributed by atoms with van der Waals surface area (Å²) in [6, 6.07) is 0. The maximum atomic E-state index is 11.4. The summed E-state index contributed by atoms with van der Waals surface area (Å²) in [7, 11) is -3.22. The predicted molar refractivity (Wildman–Crippen MR) is 54.5 cm³/mol. The second-order valence-corrected chi connectivity index (χ2v) is 6.02. The number of hydrogen-bond donors (Lipinski definition) is 1. The number of carboxylic acid groups (broad SMARTS) is 1. The van der Waals surface area contributed by atoms with Crippen LogP contribution in [0.15, 0.2) is 0 Å². The molecule has 1 N–H and O–H groups in total. The van der Waals surface area contributed by atoms with Crippen LogP contribution in [0.3, 0.4) is 0 Å². The van der Waals surface area contributed by atoms with Gasteiger partial charge in [0.25, 0.3) is 0 Å². The Morgan fingerprint density at radius 1 is 1.40 bits per heavy atom. The highest BCUT2D eigenvalue weighted by Gasteiger charge is 2.20. The molecule has 0 bridgehead atoms. The molecule has 88 valence electrons. The van der Waals surface area contributed by atoms with Crippen molar-refractivity contribution in [1.29, 1.82) is 0 Å². The van der Waals surface area contributed by atoms with Crippen molar-refractivity contribution in [3.8, 4) is 0 Å². The first kappa shape index (κ1) is 12.4. The van der Waals surface area contributed by atoms with Crippen molar-refractivity contribution in [2.45, 2.75) is 31.8 Å². The summed E-state index contributed by atoms with van der Waals surface area (Å²) in [6.45, 7) is 0.708. The monoisotopic (exact) mass is 236 g/mol. The molecule has 1 aliphatic heterocycles. The summed E-state index contributed by atoms with van der Waals surface area (Å²) >= 11 is 0. The van der Waals surface area contributed by atoms with E-state index in [1.807, 2.05) is 0 Å². The van der Waals surface area contributed by atoms with Gasteiger partial charge in [-0.05, 0) is 19.3 Å². The smallest absolute Gasteiger partial charge is 0.304 e. The molecule has 1 aliphatic rings. The molecule has 0 aromatic rings. The molecule has 1 fully saturated rings. The highest BCUT2D eigenvalue weighted by atomic mass is 32.2. The van der Waals surface area contributed by atoms with Crippen LogP contribution in [-0.2, 0) is 19.4 Å². The van der Waals surface area contributed by atoms with Crippen LogP contribution < -0.4 is 0 Å². The van der Waals surface area contributed by atoms with Crippen LogP contribution in [0.5, 0.6) is 0 Å². The third kappa shape index (κ3) is 5.13. The third-order valence-electron chi connectivity index (χ3n) is 2.40. The molecular weight excluding hydrogens is 220 g/mol. The quantitative estimate of drug-likeness (QED) is 0.724. The molecule has 6 heteroatoms. The highest BCUT2D eigenvalue weighted by molar-refractivity contribution is 7.91. The van der Waals surface area contributed by atoms with E-state index in [2.05, 4.69) is 0 Å². The number of sulfone groups is 1. The minimum absolute atomic E-state index is 0.0327. The van der Waals surface area contributed by atoms with E-state index in [4.69, 9.17) is 9.84 Å². The van der Waals surface area contributed by atoms with E-state index in [1.165, 1.54) is 0 Å². The van der Waals surface area contributed by atoms with Crippen LogP contribution in [0.4, 0.5) is 0 Å². The zero-order valence-corrected chi connectivity index (χ0v) is 9.33. The molecule has 0 amide bonds. The van der Waals surface area contributed by atoms with Gasteiger partial charge in [-0.15, -0.1) is 0 Å². The maximum absolute atomic E-state index is 11.4. The summed E-state index contributed by atoms with van der Waals surface area (Å²) < 4.78 is 28.0. The first-order valence-corrected chi connectivity index (χ1v) is 6.85. The molecule has 1 unspecified atom stereocenters. The Morgan fingerprint density at radius 3 is 2.67 bits per heavy atom. The Hall–Kier alpha value is -0.620. The van der Waals surface area contributed by atoms with E-state index in [9.17, 15) is 13.2 Å². The normalized spacial score (nSPS) is 21.7. The van der Waals surface area contributed by atoms with E-state index < -0.39 is 15.8 Å². The van der Waals surface area contributed by atoms with E-state index in [-0.39, 0.29) is 24.0 Å². The van der Waals surface area contributed by atoms with E-state index >= 15 is 0 Å². The second-order valence-electron chi connectivity index (χ2n) is 3.72. The number of ether oxygens (including phenoxy) is 1. The molecule has 5 nitrogen and oxygen atoms in total. The lowest BCUT2D eigenvalue weighted by atomic mass is 10.2. The molecule has 1 rings (SSSR count). The van der Waals surface area contributed by atoms with Gasteiger partial charge in [-0.25, -0.2) is 8.42 Å².